The molecule has 0 atom stereocenters. The van der Waals surface area contributed by atoms with E-state index in [1.807, 2.05) is 6.92 Å². The summed E-state index contributed by atoms with van der Waals surface area (Å²) in [5, 5.41) is 9.70. The zero-order valence-electron chi connectivity index (χ0n) is 6.60. The van der Waals surface area contributed by atoms with E-state index in [1.165, 1.54) is 0 Å². The van der Waals surface area contributed by atoms with Gasteiger partial charge in [0.05, 0.1) is 12.2 Å². The molecule has 0 aliphatic heterocycles. The first-order valence-corrected chi connectivity index (χ1v) is 4.07. The summed E-state index contributed by atoms with van der Waals surface area (Å²) in [6.45, 7) is 3.20. The molecular formula is C8H16O2. The average Bonchev–Trinajstić information content (AvgIpc) is 2.33. The van der Waals surface area contributed by atoms with E-state index in [2.05, 4.69) is 0 Å². The Hall–Kier alpha value is -0.0800. The molecule has 2 nitrogen and oxygen atoms in total. The van der Waals surface area contributed by atoms with Gasteiger partial charge in [0.1, 0.15) is 0 Å². The summed E-state index contributed by atoms with van der Waals surface area (Å²) in [6, 6.07) is 0. The topological polar surface area (TPSA) is 29.5 Å². The van der Waals surface area contributed by atoms with Crippen LogP contribution in [0.5, 0.6) is 0 Å². The van der Waals surface area contributed by atoms with Crippen LogP contribution in [0.2, 0.25) is 0 Å². The lowest BCUT2D eigenvalue weighted by atomic mass is 10.0. The van der Waals surface area contributed by atoms with Gasteiger partial charge < -0.3 is 9.84 Å². The molecule has 0 spiro atoms. The third-order valence-corrected chi connectivity index (χ3v) is 2.11. The normalized spacial score (nSPS) is 23.4. The molecular weight excluding hydrogens is 128 g/mol. The molecule has 2 heteroatoms. The van der Waals surface area contributed by atoms with Gasteiger partial charge in [0, 0.05) is 6.61 Å². The summed E-state index contributed by atoms with van der Waals surface area (Å²) in [6.07, 6.45) is 4.16. The van der Waals surface area contributed by atoms with Gasteiger partial charge in [-0.1, -0.05) is 12.8 Å². The van der Waals surface area contributed by atoms with Crippen molar-refractivity contribution in [3.8, 4) is 0 Å². The first kappa shape index (κ1) is 8.02. The van der Waals surface area contributed by atoms with E-state index in [1.54, 1.807) is 0 Å². The van der Waals surface area contributed by atoms with E-state index >= 15 is 0 Å². The molecule has 0 saturated heterocycles. The molecule has 1 rings (SSSR count). The van der Waals surface area contributed by atoms with E-state index in [-0.39, 0.29) is 0 Å². The highest BCUT2D eigenvalue weighted by atomic mass is 16.5. The van der Waals surface area contributed by atoms with Gasteiger partial charge >= 0.3 is 0 Å². The van der Waals surface area contributed by atoms with E-state index < -0.39 is 5.60 Å². The Labute approximate surface area is 62.2 Å². The molecule has 0 radical (unpaired) electrons. The van der Waals surface area contributed by atoms with Crippen molar-refractivity contribution in [3.05, 3.63) is 0 Å². The molecule has 0 unspecified atom stereocenters. The summed E-state index contributed by atoms with van der Waals surface area (Å²) in [4.78, 5) is 0. The Morgan fingerprint density at radius 1 is 1.40 bits per heavy atom. The predicted molar refractivity (Wildman–Crippen MR) is 39.9 cm³/mol. The number of ether oxygens (including phenoxy) is 1. The lowest BCUT2D eigenvalue weighted by molar-refractivity contribution is -0.0381. The van der Waals surface area contributed by atoms with Crippen molar-refractivity contribution in [1.29, 1.82) is 0 Å². The average molecular weight is 144 g/mol. The van der Waals surface area contributed by atoms with Gasteiger partial charge in [-0.05, 0) is 19.8 Å². The Kier molecular flexibility index (Phi) is 2.69. The standard InChI is InChI=1S/C8H16O2/c1-2-10-7-8(9)5-3-4-6-8/h9H,2-7H2,1H3. The summed E-state index contributed by atoms with van der Waals surface area (Å²) in [7, 11) is 0. The molecule has 0 amide bonds. The van der Waals surface area contributed by atoms with Gasteiger partial charge in [0.15, 0.2) is 0 Å². The summed E-state index contributed by atoms with van der Waals surface area (Å²) >= 11 is 0. The minimum Gasteiger partial charge on any atom is -0.387 e. The lowest BCUT2D eigenvalue weighted by Crippen LogP contribution is -2.30. The van der Waals surface area contributed by atoms with Crippen molar-refractivity contribution in [3.63, 3.8) is 0 Å². The molecule has 0 bridgehead atoms. The molecule has 1 fully saturated rings. The van der Waals surface area contributed by atoms with Gasteiger partial charge in [0.2, 0.25) is 0 Å². The number of hydrogen-bond acceptors (Lipinski definition) is 2. The van der Waals surface area contributed by atoms with Crippen LogP contribution in [0.25, 0.3) is 0 Å². The second-order valence-corrected chi connectivity index (χ2v) is 3.07. The fourth-order valence-electron chi connectivity index (χ4n) is 1.47. The Bertz CT molecular complexity index is 95.4. The second kappa shape index (κ2) is 3.35. The maximum atomic E-state index is 9.70. The van der Waals surface area contributed by atoms with Crippen molar-refractivity contribution >= 4 is 0 Å². The zero-order chi connectivity index (χ0) is 7.45. The second-order valence-electron chi connectivity index (χ2n) is 3.07. The molecule has 0 aromatic heterocycles. The number of rotatable bonds is 3. The number of hydrogen-bond donors (Lipinski definition) is 1. The summed E-state index contributed by atoms with van der Waals surface area (Å²) in [5.74, 6) is 0. The van der Waals surface area contributed by atoms with Gasteiger partial charge in [-0.3, -0.25) is 0 Å². The SMILES string of the molecule is CCOCC1(O)CCCC1. The Balaban J connectivity index is 2.22. The fourth-order valence-corrected chi connectivity index (χ4v) is 1.47. The molecule has 0 aromatic carbocycles. The minimum absolute atomic E-state index is 0.476. The first-order chi connectivity index (χ1) is 4.77. The maximum absolute atomic E-state index is 9.70. The van der Waals surface area contributed by atoms with Crippen molar-refractivity contribution < 1.29 is 9.84 Å². The van der Waals surface area contributed by atoms with Crippen molar-refractivity contribution in [2.75, 3.05) is 13.2 Å². The Morgan fingerprint density at radius 3 is 2.50 bits per heavy atom. The molecule has 1 N–H and O–H groups in total. The smallest absolute Gasteiger partial charge is 0.0880 e. The molecule has 1 aliphatic rings. The van der Waals surface area contributed by atoms with E-state index in [0.717, 1.165) is 25.7 Å². The van der Waals surface area contributed by atoms with Gasteiger partial charge in [-0.25, -0.2) is 0 Å². The Morgan fingerprint density at radius 2 is 2.00 bits per heavy atom. The van der Waals surface area contributed by atoms with Crippen molar-refractivity contribution in [2.24, 2.45) is 0 Å². The summed E-state index contributed by atoms with van der Waals surface area (Å²) in [5.41, 5.74) is -0.476. The third kappa shape index (κ3) is 1.96. The molecule has 60 valence electrons. The molecule has 0 heterocycles. The number of aliphatic hydroxyl groups is 1. The monoisotopic (exact) mass is 144 g/mol. The summed E-state index contributed by atoms with van der Waals surface area (Å²) < 4.78 is 5.17. The van der Waals surface area contributed by atoms with Crippen LogP contribution in [0.1, 0.15) is 32.6 Å². The van der Waals surface area contributed by atoms with Crippen LogP contribution >= 0.6 is 0 Å². The highest BCUT2D eigenvalue weighted by Gasteiger charge is 2.30. The highest BCUT2D eigenvalue weighted by Crippen LogP contribution is 2.29. The third-order valence-electron chi connectivity index (χ3n) is 2.11. The van der Waals surface area contributed by atoms with Crippen LogP contribution in [-0.4, -0.2) is 23.9 Å². The lowest BCUT2D eigenvalue weighted by Gasteiger charge is -2.20. The van der Waals surface area contributed by atoms with E-state index in [4.69, 9.17) is 4.74 Å². The largest absolute Gasteiger partial charge is 0.387 e. The van der Waals surface area contributed by atoms with Crippen LogP contribution in [0.15, 0.2) is 0 Å². The predicted octanol–water partition coefficient (Wildman–Crippen LogP) is 1.33. The maximum Gasteiger partial charge on any atom is 0.0880 e. The minimum atomic E-state index is -0.476. The zero-order valence-corrected chi connectivity index (χ0v) is 6.60. The van der Waals surface area contributed by atoms with Crippen LogP contribution in [0.4, 0.5) is 0 Å². The highest BCUT2D eigenvalue weighted by molar-refractivity contribution is 4.83. The molecule has 1 aliphatic carbocycles. The quantitative estimate of drug-likeness (QED) is 0.647. The van der Waals surface area contributed by atoms with Crippen LogP contribution in [0, 0.1) is 0 Å². The van der Waals surface area contributed by atoms with Crippen molar-refractivity contribution in [2.45, 2.75) is 38.2 Å². The van der Waals surface area contributed by atoms with Crippen LogP contribution in [-0.2, 0) is 4.74 Å². The van der Waals surface area contributed by atoms with E-state index in [0.29, 0.717) is 13.2 Å². The van der Waals surface area contributed by atoms with Crippen LogP contribution < -0.4 is 0 Å². The molecule has 1 saturated carbocycles. The molecule has 10 heavy (non-hydrogen) atoms. The van der Waals surface area contributed by atoms with Gasteiger partial charge in [0.25, 0.3) is 0 Å². The first-order valence-electron chi connectivity index (χ1n) is 4.07. The van der Waals surface area contributed by atoms with Crippen LogP contribution in [0.3, 0.4) is 0 Å². The fraction of sp³-hybridized carbons (Fsp3) is 1.00. The molecule has 0 aromatic rings. The van der Waals surface area contributed by atoms with Gasteiger partial charge in [-0.2, -0.15) is 0 Å². The van der Waals surface area contributed by atoms with Crippen molar-refractivity contribution in [1.82, 2.24) is 0 Å². The van der Waals surface area contributed by atoms with E-state index in [9.17, 15) is 5.11 Å². The van der Waals surface area contributed by atoms with Gasteiger partial charge in [-0.15, -0.1) is 0 Å².